The summed E-state index contributed by atoms with van der Waals surface area (Å²) in [6.07, 6.45) is 2.33. The lowest BCUT2D eigenvalue weighted by Crippen LogP contribution is -2.42. The van der Waals surface area contributed by atoms with Gasteiger partial charge in [-0.1, -0.05) is 11.6 Å². The first-order valence-electron chi connectivity index (χ1n) is 7.18. The van der Waals surface area contributed by atoms with E-state index in [2.05, 4.69) is 10.0 Å². The third kappa shape index (κ3) is 3.18. The molecule has 0 spiro atoms. The number of sulfonamides is 1. The zero-order chi connectivity index (χ0) is 15.0. The number of fused-ring (bicyclic) bond motifs is 1. The molecule has 21 heavy (non-hydrogen) atoms. The normalized spacial score (nSPS) is 22.9. The van der Waals surface area contributed by atoms with Crippen LogP contribution in [0.2, 0.25) is 5.02 Å². The minimum atomic E-state index is -3.54. The van der Waals surface area contributed by atoms with E-state index in [1.165, 1.54) is 6.07 Å². The summed E-state index contributed by atoms with van der Waals surface area (Å²) in [4.78, 5) is 0.225. The Morgan fingerprint density at radius 1 is 1.33 bits per heavy atom. The van der Waals surface area contributed by atoms with Crippen molar-refractivity contribution in [2.24, 2.45) is 0 Å². The molecule has 0 bridgehead atoms. The second-order valence-electron chi connectivity index (χ2n) is 5.67. The van der Waals surface area contributed by atoms with Gasteiger partial charge in [0.25, 0.3) is 0 Å². The van der Waals surface area contributed by atoms with Crippen molar-refractivity contribution in [1.29, 1.82) is 0 Å². The van der Waals surface area contributed by atoms with Crippen LogP contribution in [0.3, 0.4) is 0 Å². The number of benzene rings is 1. The number of rotatable bonds is 3. The van der Waals surface area contributed by atoms with Crippen LogP contribution in [0, 0.1) is 0 Å². The Kier molecular flexibility index (Phi) is 4.14. The second kappa shape index (κ2) is 5.76. The van der Waals surface area contributed by atoms with Crippen LogP contribution in [-0.4, -0.2) is 33.7 Å². The van der Waals surface area contributed by atoms with E-state index in [1.807, 2.05) is 6.92 Å². The summed E-state index contributed by atoms with van der Waals surface area (Å²) < 4.78 is 33.4. The fourth-order valence-corrected chi connectivity index (χ4v) is 4.57. The predicted molar refractivity (Wildman–Crippen MR) is 81.5 cm³/mol. The minimum Gasteiger partial charge on any atom is -0.489 e. The molecule has 0 aliphatic carbocycles. The zero-order valence-corrected chi connectivity index (χ0v) is 13.4. The molecule has 1 atom stereocenters. The molecule has 1 fully saturated rings. The molecule has 0 aromatic heterocycles. The van der Waals surface area contributed by atoms with Crippen LogP contribution in [0.25, 0.3) is 0 Å². The fraction of sp³-hybridized carbons (Fsp3) is 0.571. The average Bonchev–Trinajstić information content (AvgIpc) is 2.80. The molecule has 5 nitrogen and oxygen atoms in total. The van der Waals surface area contributed by atoms with E-state index >= 15 is 0 Å². The highest BCUT2D eigenvalue weighted by Crippen LogP contribution is 2.38. The van der Waals surface area contributed by atoms with Crippen molar-refractivity contribution in [3.05, 3.63) is 22.7 Å². The summed E-state index contributed by atoms with van der Waals surface area (Å²) in [5, 5.41) is 3.58. The number of piperidine rings is 1. The molecule has 2 aliphatic heterocycles. The molecule has 1 aromatic rings. The van der Waals surface area contributed by atoms with Gasteiger partial charge in [-0.25, -0.2) is 13.1 Å². The van der Waals surface area contributed by atoms with E-state index in [1.54, 1.807) is 6.07 Å². The van der Waals surface area contributed by atoms with E-state index in [0.29, 0.717) is 17.2 Å². The standard InChI is InChI=1S/C14H19ClN2O3S/c1-9-6-10-7-12(8-13(15)14(10)20-9)21(18,19)17-11-2-4-16-5-3-11/h7-9,11,16-17H,2-6H2,1H3. The smallest absolute Gasteiger partial charge is 0.240 e. The van der Waals surface area contributed by atoms with Crippen molar-refractivity contribution in [3.63, 3.8) is 0 Å². The molecule has 2 aliphatic rings. The molecular formula is C14H19ClN2O3S. The van der Waals surface area contributed by atoms with Gasteiger partial charge in [-0.2, -0.15) is 0 Å². The molecule has 0 radical (unpaired) electrons. The van der Waals surface area contributed by atoms with Crippen LogP contribution in [0.4, 0.5) is 0 Å². The Hall–Kier alpha value is -0.820. The molecule has 2 heterocycles. The van der Waals surface area contributed by atoms with E-state index in [9.17, 15) is 8.42 Å². The van der Waals surface area contributed by atoms with Gasteiger partial charge in [-0.05, 0) is 45.0 Å². The Morgan fingerprint density at radius 3 is 2.76 bits per heavy atom. The first-order valence-corrected chi connectivity index (χ1v) is 9.04. The van der Waals surface area contributed by atoms with Crippen LogP contribution in [0.1, 0.15) is 25.3 Å². The highest BCUT2D eigenvalue weighted by atomic mass is 35.5. The molecule has 7 heteroatoms. The van der Waals surface area contributed by atoms with Crippen LogP contribution < -0.4 is 14.8 Å². The van der Waals surface area contributed by atoms with Crippen LogP contribution in [-0.2, 0) is 16.4 Å². The minimum absolute atomic E-state index is 0.0153. The van der Waals surface area contributed by atoms with Gasteiger partial charge in [0.15, 0.2) is 0 Å². The molecule has 3 rings (SSSR count). The second-order valence-corrected chi connectivity index (χ2v) is 7.79. The lowest BCUT2D eigenvalue weighted by molar-refractivity contribution is 0.255. The third-order valence-corrected chi connectivity index (χ3v) is 5.67. The quantitative estimate of drug-likeness (QED) is 0.885. The molecule has 0 saturated carbocycles. The van der Waals surface area contributed by atoms with E-state index in [-0.39, 0.29) is 17.0 Å². The topological polar surface area (TPSA) is 67.4 Å². The first kappa shape index (κ1) is 15.1. The number of nitrogens with one attached hydrogen (secondary N) is 2. The number of halogens is 1. The highest BCUT2D eigenvalue weighted by Gasteiger charge is 2.27. The third-order valence-electron chi connectivity index (χ3n) is 3.89. The van der Waals surface area contributed by atoms with Crippen molar-refractivity contribution < 1.29 is 13.2 Å². The van der Waals surface area contributed by atoms with Crippen molar-refractivity contribution in [1.82, 2.24) is 10.0 Å². The maximum atomic E-state index is 12.5. The van der Waals surface area contributed by atoms with Gasteiger partial charge >= 0.3 is 0 Å². The molecule has 2 N–H and O–H groups in total. The Labute approximate surface area is 130 Å². The van der Waals surface area contributed by atoms with Gasteiger partial charge < -0.3 is 10.1 Å². The monoisotopic (exact) mass is 330 g/mol. The Bertz CT molecular complexity index is 642. The van der Waals surface area contributed by atoms with Crippen molar-refractivity contribution in [2.75, 3.05) is 13.1 Å². The van der Waals surface area contributed by atoms with Crippen molar-refractivity contribution >= 4 is 21.6 Å². The summed E-state index contributed by atoms with van der Waals surface area (Å²) in [6.45, 7) is 3.62. The number of hydrogen-bond donors (Lipinski definition) is 2. The summed E-state index contributed by atoms with van der Waals surface area (Å²) in [7, 11) is -3.54. The summed E-state index contributed by atoms with van der Waals surface area (Å²) >= 11 is 6.16. The Balaban J connectivity index is 1.86. The first-order chi connectivity index (χ1) is 9.95. The SMILES string of the molecule is CC1Cc2cc(S(=O)(=O)NC3CCNCC3)cc(Cl)c2O1. The molecule has 1 unspecified atom stereocenters. The van der Waals surface area contributed by atoms with Gasteiger partial charge in [0.05, 0.1) is 9.92 Å². The van der Waals surface area contributed by atoms with E-state index in [0.717, 1.165) is 31.5 Å². The fourth-order valence-electron chi connectivity index (χ4n) is 2.84. The van der Waals surface area contributed by atoms with Gasteiger partial charge in [0.2, 0.25) is 10.0 Å². The molecule has 116 valence electrons. The van der Waals surface area contributed by atoms with E-state index < -0.39 is 10.0 Å². The lowest BCUT2D eigenvalue weighted by atomic mass is 10.1. The molecule has 1 aromatic carbocycles. The number of hydrogen-bond acceptors (Lipinski definition) is 4. The maximum absolute atomic E-state index is 12.5. The molecular weight excluding hydrogens is 312 g/mol. The Morgan fingerprint density at radius 2 is 2.05 bits per heavy atom. The van der Waals surface area contributed by atoms with Crippen molar-refractivity contribution in [3.8, 4) is 5.75 Å². The van der Waals surface area contributed by atoms with Gasteiger partial charge in [0.1, 0.15) is 11.9 Å². The van der Waals surface area contributed by atoms with Gasteiger partial charge in [0, 0.05) is 18.0 Å². The lowest BCUT2D eigenvalue weighted by Gasteiger charge is -2.23. The average molecular weight is 331 g/mol. The molecule has 1 saturated heterocycles. The zero-order valence-electron chi connectivity index (χ0n) is 11.9. The van der Waals surface area contributed by atoms with Gasteiger partial charge in [-0.3, -0.25) is 0 Å². The summed E-state index contributed by atoms with van der Waals surface area (Å²) in [5.74, 6) is 0.616. The molecule has 0 amide bonds. The largest absolute Gasteiger partial charge is 0.489 e. The van der Waals surface area contributed by atoms with Crippen molar-refractivity contribution in [2.45, 2.75) is 43.2 Å². The van der Waals surface area contributed by atoms with Crippen LogP contribution in [0.5, 0.6) is 5.75 Å². The maximum Gasteiger partial charge on any atom is 0.240 e. The van der Waals surface area contributed by atoms with Crippen LogP contribution in [0.15, 0.2) is 17.0 Å². The van der Waals surface area contributed by atoms with E-state index in [4.69, 9.17) is 16.3 Å². The number of ether oxygens (including phenoxy) is 1. The van der Waals surface area contributed by atoms with Crippen LogP contribution >= 0.6 is 11.6 Å². The predicted octanol–water partition coefficient (Wildman–Crippen LogP) is 1.69. The summed E-state index contributed by atoms with van der Waals surface area (Å²) in [5.41, 5.74) is 0.862. The highest BCUT2D eigenvalue weighted by molar-refractivity contribution is 7.89. The van der Waals surface area contributed by atoms with Gasteiger partial charge in [-0.15, -0.1) is 0 Å². The summed E-state index contributed by atoms with van der Waals surface area (Å²) in [6, 6.07) is 3.13.